The van der Waals surface area contributed by atoms with E-state index in [0.29, 0.717) is 0 Å². The van der Waals surface area contributed by atoms with Gasteiger partial charge in [0.15, 0.2) is 44.0 Å². The largest absolute Gasteiger partial charge is 0.477 e. The highest BCUT2D eigenvalue weighted by molar-refractivity contribution is 5.77. The summed E-state index contributed by atoms with van der Waals surface area (Å²) in [6, 6.07) is -7.28. The summed E-state index contributed by atoms with van der Waals surface area (Å²) in [5, 5.41) is 263. The lowest BCUT2D eigenvalue weighted by molar-refractivity contribution is -0.399. The highest BCUT2D eigenvalue weighted by Gasteiger charge is 2.63. The number of rotatable bonds is 28. The van der Waals surface area contributed by atoms with Gasteiger partial charge in [0.1, 0.15) is 183 Å². The Hall–Kier alpha value is -4.13. The molecule has 0 bridgehead atoms. The molecule has 8 fully saturated rings. The Morgan fingerprint density at radius 2 is 0.821 bits per heavy atom. The van der Waals surface area contributed by atoms with Crippen molar-refractivity contribution in [2.45, 2.75) is 292 Å². The molecule has 0 aromatic carbocycles. The maximum Gasteiger partial charge on any atom is 0.364 e. The van der Waals surface area contributed by atoms with Gasteiger partial charge in [0.2, 0.25) is 23.6 Å². The van der Waals surface area contributed by atoms with E-state index in [0.717, 1.165) is 27.7 Å². The van der Waals surface area contributed by atoms with Gasteiger partial charge in [0.25, 0.3) is 5.79 Å². The van der Waals surface area contributed by atoms with Crippen LogP contribution in [0.25, 0.3) is 0 Å². The zero-order valence-electron chi connectivity index (χ0n) is 57.2. The smallest absolute Gasteiger partial charge is 0.364 e. The number of hydrogen-bond donors (Lipinski definition) is 27. The molecular weight excluding hydrogens is 1450 g/mol. The minimum Gasteiger partial charge on any atom is -0.477 e. The van der Waals surface area contributed by atoms with Gasteiger partial charge >= 0.3 is 5.97 Å². The third-order valence-corrected chi connectivity index (χ3v) is 19.2. The Balaban J connectivity index is 1.07. The van der Waals surface area contributed by atoms with Crippen molar-refractivity contribution < 1.29 is 212 Å². The van der Waals surface area contributed by atoms with E-state index in [4.69, 9.17) is 71.1 Å². The molecule has 106 heavy (non-hydrogen) atoms. The molecular formula is C59H98N4O43. The van der Waals surface area contributed by atoms with Gasteiger partial charge in [-0.1, -0.05) is 0 Å². The molecule has 0 saturated carbocycles. The van der Waals surface area contributed by atoms with Gasteiger partial charge in [0, 0.05) is 34.1 Å². The molecule has 41 atom stereocenters. The Kier molecular flexibility index (Phi) is 30.9. The molecule has 0 spiro atoms. The van der Waals surface area contributed by atoms with Crippen molar-refractivity contribution in [1.82, 2.24) is 21.3 Å². The van der Waals surface area contributed by atoms with Crippen LogP contribution in [0.2, 0.25) is 0 Å². The van der Waals surface area contributed by atoms with Gasteiger partial charge in [-0.25, -0.2) is 4.79 Å². The fraction of sp³-hybridized carbons (Fsp3) is 0.915. The second kappa shape index (κ2) is 37.5. The van der Waals surface area contributed by atoms with Crippen molar-refractivity contribution in [2.75, 3.05) is 46.2 Å². The SMILES string of the molecule is CC(=O)N[C@H]1[C@H](OC[C@H]2OC(O)[C@H](NC(C)=O)[C@@H](O[C@@H]3O[C@H](CO)[C@H](O)[C@H](O)[C@H]3O)[C@H]2O)O[C@H](CO)[C@@H](O[C@@H]2O[C@H](CO)[C@H](O)[C@H](O[C@@H]3O[C@H](CO)[C@@H](O[C@@H]4O[C@H](CO)[C@H](O)[C@H](O[C@]5(C(=O)O)C[C@H](O)[C@@H](NC(C)=O)[C@H]([C@H](O)[C@H](O)CO)O5)[C@H]4O)[C@H](O[C@H]4O[C@H](C)[C@H](O)[C@H](O)[C@H]4O)[C@H]3NC(C)=O)[C@H]2O)[C@@H]1O. The summed E-state index contributed by atoms with van der Waals surface area (Å²) in [6.07, 6.45) is -75.9. The van der Waals surface area contributed by atoms with E-state index in [-0.39, 0.29) is 0 Å². The second-order valence-electron chi connectivity index (χ2n) is 26.8. The Bertz CT molecular complexity index is 2850. The van der Waals surface area contributed by atoms with Crippen LogP contribution < -0.4 is 21.3 Å². The highest BCUT2D eigenvalue weighted by Crippen LogP contribution is 2.42. The lowest BCUT2D eigenvalue weighted by Crippen LogP contribution is -2.72. The second-order valence-corrected chi connectivity index (χ2v) is 26.8. The van der Waals surface area contributed by atoms with E-state index < -0.39 is 333 Å². The van der Waals surface area contributed by atoms with Crippen LogP contribution in [0.3, 0.4) is 0 Å². The number of carboxylic acids is 1. The van der Waals surface area contributed by atoms with Crippen LogP contribution >= 0.6 is 0 Å². The van der Waals surface area contributed by atoms with Crippen molar-refractivity contribution in [3.63, 3.8) is 0 Å². The van der Waals surface area contributed by atoms with Gasteiger partial charge in [0.05, 0.1) is 64.5 Å². The number of ether oxygens (including phenoxy) is 15. The lowest BCUT2D eigenvalue weighted by atomic mass is 9.88. The topological polar surface area (TPSA) is 737 Å². The third-order valence-electron chi connectivity index (χ3n) is 19.2. The van der Waals surface area contributed by atoms with Crippen LogP contribution in [-0.4, -0.2) is 444 Å². The summed E-state index contributed by atoms with van der Waals surface area (Å²) < 4.78 is 88.3. The molecule has 47 nitrogen and oxygen atoms in total. The van der Waals surface area contributed by atoms with Crippen LogP contribution in [0.1, 0.15) is 41.0 Å². The monoisotopic (exact) mass is 1550 g/mol. The zero-order chi connectivity index (χ0) is 78.6. The van der Waals surface area contributed by atoms with E-state index in [9.17, 15) is 141 Å². The fourth-order valence-corrected chi connectivity index (χ4v) is 13.6. The van der Waals surface area contributed by atoms with Gasteiger partial charge in [-0.2, -0.15) is 0 Å². The molecule has 47 heteroatoms. The summed E-state index contributed by atoms with van der Waals surface area (Å²) in [5.74, 6) is -9.05. The van der Waals surface area contributed by atoms with Crippen molar-refractivity contribution in [3.8, 4) is 0 Å². The van der Waals surface area contributed by atoms with Crippen molar-refractivity contribution in [1.29, 1.82) is 0 Å². The average molecular weight is 1550 g/mol. The first-order valence-corrected chi connectivity index (χ1v) is 33.6. The number of aliphatic carboxylic acids is 1. The molecule has 0 aromatic rings. The number of amides is 4. The Labute approximate surface area is 600 Å². The zero-order valence-corrected chi connectivity index (χ0v) is 57.2. The van der Waals surface area contributed by atoms with E-state index in [1.165, 1.54) is 6.92 Å². The standard InChI is InChI=1S/C59H98N4O43/c1-14-31(76)38(83)40(85)54(93-14)103-48-30(63-18(5)73)53(99-25(12-69)45(48)101-57-43(88)50(35(80)23(10-67)97-57)106-59(58(90)91)6-19(74)27(60-15(2)70)47(105-59)32(77)20(75)7-64)104-49-34(79)22(9-66)96-56(42(49)87)100-44-24(11-68)98-52(28(37(44)82)61-16(3)71)92-13-26-36(81)46(29(51(89)94-26)62-17(4)72)102-55-41(86)39(84)33(78)21(8-65)95-55/h14,19-57,64-69,74-89H,6-13H2,1-5H3,(H,60,70)(H,61,71)(H,62,72)(H,63,73)(H,90,91)/t14-,19+,20-,21-,22-,23-,24-,25-,26-,27-,28-,29-,30-,31+,32-,33+,34+,35+,36+,37-,38+,39+,40-,41-,42-,43-,44-,45-,46-,47-,48-,49+,50+,51?,52-,53+,54-,55+,56+,57+,59+/m1/s1. The van der Waals surface area contributed by atoms with Crippen molar-refractivity contribution in [2.24, 2.45) is 0 Å². The van der Waals surface area contributed by atoms with E-state index >= 15 is 0 Å². The van der Waals surface area contributed by atoms with Gasteiger partial charge < -0.3 is 210 Å². The molecule has 0 aromatic heterocycles. The third kappa shape index (κ3) is 19.1. The van der Waals surface area contributed by atoms with Gasteiger partial charge in [-0.3, -0.25) is 19.2 Å². The summed E-state index contributed by atoms with van der Waals surface area (Å²) in [4.78, 5) is 64.1. The van der Waals surface area contributed by atoms with Crippen LogP contribution in [0.15, 0.2) is 0 Å². The van der Waals surface area contributed by atoms with Gasteiger partial charge in [-0.15, -0.1) is 0 Å². The minimum atomic E-state index is -3.31. The maximum atomic E-state index is 13.4. The first-order valence-electron chi connectivity index (χ1n) is 33.6. The van der Waals surface area contributed by atoms with E-state index in [1.807, 2.05) is 0 Å². The molecule has 4 amide bonds. The fourth-order valence-electron chi connectivity index (χ4n) is 13.6. The molecule has 8 aliphatic heterocycles. The summed E-state index contributed by atoms with van der Waals surface area (Å²) >= 11 is 0. The van der Waals surface area contributed by atoms with Crippen LogP contribution in [0.4, 0.5) is 0 Å². The number of carbonyl (C=O) groups excluding carboxylic acids is 4. The summed E-state index contributed by atoms with van der Waals surface area (Å²) in [5.41, 5.74) is 0. The van der Waals surface area contributed by atoms with Crippen LogP contribution in [0.5, 0.6) is 0 Å². The summed E-state index contributed by atoms with van der Waals surface area (Å²) in [6.45, 7) is -2.72. The molecule has 0 radical (unpaired) electrons. The molecule has 8 heterocycles. The number of carbonyl (C=O) groups is 5. The lowest BCUT2D eigenvalue weighted by Gasteiger charge is -2.52. The van der Waals surface area contributed by atoms with Crippen molar-refractivity contribution >= 4 is 29.6 Å². The predicted octanol–water partition coefficient (Wildman–Crippen LogP) is -17.6. The molecule has 612 valence electrons. The number of aliphatic hydroxyl groups is 22. The molecule has 1 unspecified atom stereocenters. The molecule has 8 rings (SSSR count). The first-order chi connectivity index (χ1) is 49.9. The summed E-state index contributed by atoms with van der Waals surface area (Å²) in [7, 11) is 0. The van der Waals surface area contributed by atoms with E-state index in [1.54, 1.807) is 0 Å². The molecule has 8 saturated heterocycles. The van der Waals surface area contributed by atoms with E-state index in [2.05, 4.69) is 21.3 Å². The Morgan fingerprint density at radius 1 is 0.406 bits per heavy atom. The quantitative estimate of drug-likeness (QED) is 0.0346. The molecule has 0 aliphatic carbocycles. The maximum absolute atomic E-state index is 13.4. The van der Waals surface area contributed by atoms with Crippen LogP contribution in [0, 0.1) is 0 Å². The number of hydrogen-bond acceptors (Lipinski definition) is 42. The van der Waals surface area contributed by atoms with Crippen LogP contribution in [-0.2, 0) is 95.0 Å². The number of aliphatic hydroxyl groups excluding tert-OH is 22. The van der Waals surface area contributed by atoms with Crippen molar-refractivity contribution in [3.05, 3.63) is 0 Å². The molecule has 27 N–H and O–H groups in total. The number of nitrogens with one attached hydrogen (secondary N) is 4. The normalized spacial score (nSPS) is 47.2. The Morgan fingerprint density at radius 3 is 1.36 bits per heavy atom. The molecule has 8 aliphatic rings. The van der Waals surface area contributed by atoms with Gasteiger partial charge in [-0.05, 0) is 6.92 Å². The number of carboxylic acid groups (broad SMARTS) is 1. The first kappa shape index (κ1) is 87.4. The predicted molar refractivity (Wildman–Crippen MR) is 327 cm³/mol. The average Bonchev–Trinajstić information content (AvgIpc) is 0.754. The highest BCUT2D eigenvalue weighted by atomic mass is 16.8. The minimum absolute atomic E-state index is 0.804.